The molecule has 4 nitrogen and oxygen atoms in total. The second-order valence-corrected chi connectivity index (χ2v) is 5.56. The largest absolute Gasteiger partial charge is 0.491 e. The third-order valence-electron chi connectivity index (χ3n) is 3.78. The maximum Gasteiger partial charge on any atom is 0.119 e. The van der Waals surface area contributed by atoms with Crippen molar-refractivity contribution in [1.82, 2.24) is 4.90 Å². The van der Waals surface area contributed by atoms with Gasteiger partial charge in [-0.1, -0.05) is 17.7 Å². The van der Waals surface area contributed by atoms with Crippen molar-refractivity contribution in [3.05, 3.63) is 29.8 Å². The fourth-order valence-electron chi connectivity index (χ4n) is 2.49. The molecule has 1 aliphatic rings. The van der Waals surface area contributed by atoms with Gasteiger partial charge < -0.3 is 19.5 Å². The highest BCUT2D eigenvalue weighted by atomic mass is 16.5. The van der Waals surface area contributed by atoms with Crippen molar-refractivity contribution in [3.63, 3.8) is 0 Å². The van der Waals surface area contributed by atoms with Crippen LogP contribution in [-0.2, 0) is 4.74 Å². The molecular weight excluding hydrogens is 254 g/mol. The molecule has 1 atom stereocenters. The predicted molar refractivity (Wildman–Crippen MR) is 79.2 cm³/mol. The lowest BCUT2D eigenvalue weighted by Gasteiger charge is -2.32. The zero-order valence-electron chi connectivity index (χ0n) is 12.4. The summed E-state index contributed by atoms with van der Waals surface area (Å²) in [7, 11) is 2.06. The lowest BCUT2D eigenvalue weighted by Crippen LogP contribution is -2.42. The summed E-state index contributed by atoms with van der Waals surface area (Å²) >= 11 is 0. The molecule has 0 spiro atoms. The number of aliphatic hydroxyl groups is 1. The van der Waals surface area contributed by atoms with Gasteiger partial charge >= 0.3 is 0 Å². The van der Waals surface area contributed by atoms with Crippen LogP contribution in [0.15, 0.2) is 24.3 Å². The van der Waals surface area contributed by atoms with Gasteiger partial charge in [0.1, 0.15) is 18.5 Å². The van der Waals surface area contributed by atoms with Crippen molar-refractivity contribution in [3.8, 4) is 5.75 Å². The zero-order valence-corrected chi connectivity index (χ0v) is 12.4. The Morgan fingerprint density at radius 3 is 2.60 bits per heavy atom. The second kappa shape index (κ2) is 7.62. The maximum atomic E-state index is 10.1. The molecule has 0 aromatic heterocycles. The normalized spacial score (nSPS) is 18.2. The standard InChI is InChI=1S/C16H25NO3/c1-13-3-5-16(6-4-13)20-12-15(18)11-17(2)14-7-9-19-10-8-14/h3-6,14-15,18H,7-12H2,1-2H3. The van der Waals surface area contributed by atoms with Crippen molar-refractivity contribution >= 4 is 0 Å². The van der Waals surface area contributed by atoms with Crippen LogP contribution in [0.4, 0.5) is 0 Å². The summed E-state index contributed by atoms with van der Waals surface area (Å²) in [6.07, 6.45) is 1.62. The molecule has 112 valence electrons. The molecule has 1 aromatic carbocycles. The highest BCUT2D eigenvalue weighted by Gasteiger charge is 2.20. The molecule has 1 saturated heterocycles. The van der Waals surface area contributed by atoms with E-state index in [9.17, 15) is 5.11 Å². The maximum absolute atomic E-state index is 10.1. The fraction of sp³-hybridized carbons (Fsp3) is 0.625. The first kappa shape index (κ1) is 15.3. The molecule has 1 N–H and O–H groups in total. The number of ether oxygens (including phenoxy) is 2. The van der Waals surface area contributed by atoms with Crippen LogP contribution in [0.1, 0.15) is 18.4 Å². The number of hydrogen-bond donors (Lipinski definition) is 1. The van der Waals surface area contributed by atoms with Crippen LogP contribution in [0.25, 0.3) is 0 Å². The molecule has 1 heterocycles. The van der Waals surface area contributed by atoms with Gasteiger partial charge in [-0.2, -0.15) is 0 Å². The zero-order chi connectivity index (χ0) is 14.4. The van der Waals surface area contributed by atoms with Gasteiger partial charge in [0.2, 0.25) is 0 Å². The number of benzene rings is 1. The number of hydrogen-bond acceptors (Lipinski definition) is 4. The van der Waals surface area contributed by atoms with Crippen molar-refractivity contribution in [2.24, 2.45) is 0 Å². The van der Waals surface area contributed by atoms with E-state index in [1.54, 1.807) is 0 Å². The van der Waals surface area contributed by atoms with E-state index in [1.807, 2.05) is 31.2 Å². The van der Waals surface area contributed by atoms with Gasteiger partial charge in [0.15, 0.2) is 0 Å². The molecular formula is C16H25NO3. The predicted octanol–water partition coefficient (Wildman–Crippen LogP) is 1.85. The van der Waals surface area contributed by atoms with Crippen molar-refractivity contribution in [1.29, 1.82) is 0 Å². The quantitative estimate of drug-likeness (QED) is 0.863. The molecule has 1 aromatic rings. The molecule has 1 fully saturated rings. The Bertz CT molecular complexity index is 387. The Morgan fingerprint density at radius 2 is 1.95 bits per heavy atom. The smallest absolute Gasteiger partial charge is 0.119 e. The summed E-state index contributed by atoms with van der Waals surface area (Å²) < 4.78 is 11.0. The van der Waals surface area contributed by atoms with E-state index in [0.29, 0.717) is 19.2 Å². The van der Waals surface area contributed by atoms with Crippen molar-refractivity contribution in [2.45, 2.75) is 31.9 Å². The van der Waals surface area contributed by atoms with Gasteiger partial charge in [-0.25, -0.2) is 0 Å². The minimum Gasteiger partial charge on any atom is -0.491 e. The number of likely N-dealkylation sites (N-methyl/N-ethyl adjacent to an activating group) is 1. The molecule has 0 saturated carbocycles. The third kappa shape index (κ3) is 4.78. The minimum atomic E-state index is -0.468. The average molecular weight is 279 g/mol. The highest BCUT2D eigenvalue weighted by Crippen LogP contribution is 2.14. The van der Waals surface area contributed by atoms with Crippen LogP contribution in [0, 0.1) is 6.92 Å². The van der Waals surface area contributed by atoms with Crippen LogP contribution in [0.2, 0.25) is 0 Å². The molecule has 4 heteroatoms. The minimum absolute atomic E-state index is 0.330. The monoisotopic (exact) mass is 279 g/mol. The first-order chi connectivity index (χ1) is 9.65. The second-order valence-electron chi connectivity index (χ2n) is 5.56. The Balaban J connectivity index is 1.71. The van der Waals surface area contributed by atoms with E-state index in [1.165, 1.54) is 5.56 Å². The van der Waals surface area contributed by atoms with Gasteiger partial charge in [0.05, 0.1) is 0 Å². The Morgan fingerprint density at radius 1 is 1.30 bits per heavy atom. The van der Waals surface area contributed by atoms with Crippen molar-refractivity contribution in [2.75, 3.05) is 33.4 Å². The SMILES string of the molecule is Cc1ccc(OCC(O)CN(C)C2CCOCC2)cc1. The third-order valence-corrected chi connectivity index (χ3v) is 3.78. The first-order valence-electron chi connectivity index (χ1n) is 7.30. The fourth-order valence-corrected chi connectivity index (χ4v) is 2.49. The summed E-state index contributed by atoms with van der Waals surface area (Å²) in [5, 5.41) is 10.1. The van der Waals surface area contributed by atoms with E-state index in [0.717, 1.165) is 31.8 Å². The summed E-state index contributed by atoms with van der Waals surface area (Å²) in [5.41, 5.74) is 1.21. The van der Waals surface area contributed by atoms with E-state index in [-0.39, 0.29) is 0 Å². The summed E-state index contributed by atoms with van der Waals surface area (Å²) in [4.78, 5) is 2.21. The number of rotatable bonds is 6. The lowest BCUT2D eigenvalue weighted by atomic mass is 10.1. The molecule has 20 heavy (non-hydrogen) atoms. The Kier molecular flexibility index (Phi) is 5.83. The van der Waals surface area contributed by atoms with Gasteiger partial charge in [-0.15, -0.1) is 0 Å². The van der Waals surface area contributed by atoms with Crippen LogP contribution >= 0.6 is 0 Å². The molecule has 0 radical (unpaired) electrons. The molecule has 0 bridgehead atoms. The average Bonchev–Trinajstić information content (AvgIpc) is 2.47. The van der Waals surface area contributed by atoms with Crippen LogP contribution in [-0.4, -0.2) is 55.6 Å². The van der Waals surface area contributed by atoms with Gasteiger partial charge in [0.25, 0.3) is 0 Å². The summed E-state index contributed by atoms with van der Waals surface area (Å²) in [6, 6.07) is 8.40. The van der Waals surface area contributed by atoms with Crippen molar-refractivity contribution < 1.29 is 14.6 Å². The number of aryl methyl sites for hydroxylation is 1. The van der Waals surface area contributed by atoms with E-state index < -0.39 is 6.10 Å². The molecule has 0 amide bonds. The van der Waals surface area contributed by atoms with Gasteiger partial charge in [-0.3, -0.25) is 0 Å². The van der Waals surface area contributed by atoms with Crippen LogP contribution in [0.3, 0.4) is 0 Å². The van der Waals surface area contributed by atoms with E-state index in [4.69, 9.17) is 9.47 Å². The van der Waals surface area contributed by atoms with Gasteiger partial charge in [-0.05, 0) is 38.9 Å². The van der Waals surface area contributed by atoms with E-state index >= 15 is 0 Å². The topological polar surface area (TPSA) is 41.9 Å². The number of aliphatic hydroxyl groups excluding tert-OH is 1. The van der Waals surface area contributed by atoms with E-state index in [2.05, 4.69) is 11.9 Å². The molecule has 1 aliphatic heterocycles. The Hall–Kier alpha value is -1.10. The highest BCUT2D eigenvalue weighted by molar-refractivity contribution is 5.26. The summed E-state index contributed by atoms with van der Waals surface area (Å²) in [5.74, 6) is 0.809. The molecule has 2 rings (SSSR count). The molecule has 0 aliphatic carbocycles. The van der Waals surface area contributed by atoms with Crippen LogP contribution in [0.5, 0.6) is 5.75 Å². The number of nitrogens with zero attached hydrogens (tertiary/aromatic N) is 1. The first-order valence-corrected chi connectivity index (χ1v) is 7.30. The van der Waals surface area contributed by atoms with Crippen LogP contribution < -0.4 is 4.74 Å². The summed E-state index contributed by atoms with van der Waals surface area (Å²) in [6.45, 7) is 4.66. The lowest BCUT2D eigenvalue weighted by molar-refractivity contribution is 0.0159. The van der Waals surface area contributed by atoms with Gasteiger partial charge in [0, 0.05) is 25.8 Å². The molecule has 1 unspecified atom stereocenters. The Labute approximate surface area is 121 Å².